The van der Waals surface area contributed by atoms with Gasteiger partial charge in [0.25, 0.3) is 0 Å². The van der Waals surface area contributed by atoms with E-state index in [0.29, 0.717) is 12.0 Å². The van der Waals surface area contributed by atoms with Crippen LogP contribution in [-0.4, -0.2) is 10.2 Å². The first kappa shape index (κ1) is 11.8. The summed E-state index contributed by atoms with van der Waals surface area (Å²) in [5, 5.41) is 19.4. The first-order valence-electron chi connectivity index (χ1n) is 5.11. The number of nitrogens with two attached hydrogens (primary N) is 1. The summed E-state index contributed by atoms with van der Waals surface area (Å²) in [6, 6.07) is 3.17. The summed E-state index contributed by atoms with van der Waals surface area (Å²) in [4.78, 5) is 0. The number of hydrogen-bond donors (Lipinski definition) is 4. The van der Waals surface area contributed by atoms with Crippen molar-refractivity contribution in [2.75, 3.05) is 0 Å². The van der Waals surface area contributed by atoms with E-state index in [4.69, 9.17) is 5.84 Å². The molecule has 0 saturated heterocycles. The van der Waals surface area contributed by atoms with Crippen LogP contribution in [0.5, 0.6) is 11.5 Å². The van der Waals surface area contributed by atoms with Gasteiger partial charge >= 0.3 is 0 Å². The van der Waals surface area contributed by atoms with Gasteiger partial charge in [-0.05, 0) is 31.0 Å². The predicted octanol–water partition coefficient (Wildman–Crippen LogP) is 1.57. The van der Waals surface area contributed by atoms with Crippen LogP contribution in [-0.2, 0) is 6.42 Å². The molecule has 4 heteroatoms. The van der Waals surface area contributed by atoms with Crippen molar-refractivity contribution in [3.8, 4) is 11.5 Å². The molecule has 0 fully saturated rings. The lowest BCUT2D eigenvalue weighted by Gasteiger charge is -2.14. The van der Waals surface area contributed by atoms with Crippen LogP contribution in [0.1, 0.15) is 37.4 Å². The lowest BCUT2D eigenvalue weighted by atomic mass is 10.0. The van der Waals surface area contributed by atoms with Gasteiger partial charge in [-0.2, -0.15) is 0 Å². The second-order valence-corrected chi connectivity index (χ2v) is 3.68. The van der Waals surface area contributed by atoms with E-state index in [-0.39, 0.29) is 17.5 Å². The molecule has 0 radical (unpaired) electrons. The molecule has 4 nitrogen and oxygen atoms in total. The summed E-state index contributed by atoms with van der Waals surface area (Å²) in [7, 11) is 0. The molecule has 0 amide bonds. The van der Waals surface area contributed by atoms with Gasteiger partial charge in [0, 0.05) is 11.6 Å². The molecule has 5 N–H and O–H groups in total. The minimum absolute atomic E-state index is 0.0996. The van der Waals surface area contributed by atoms with Gasteiger partial charge < -0.3 is 10.2 Å². The maximum Gasteiger partial charge on any atom is 0.122 e. The molecule has 1 atom stereocenters. The highest BCUT2D eigenvalue weighted by Crippen LogP contribution is 2.31. The monoisotopic (exact) mass is 210 g/mol. The van der Waals surface area contributed by atoms with Gasteiger partial charge in [-0.1, -0.05) is 13.3 Å². The number of hydrogen-bond acceptors (Lipinski definition) is 4. The zero-order valence-corrected chi connectivity index (χ0v) is 9.12. The Hall–Kier alpha value is -1.26. The zero-order valence-electron chi connectivity index (χ0n) is 9.12. The first-order chi connectivity index (χ1) is 7.10. The first-order valence-corrected chi connectivity index (χ1v) is 5.11. The lowest BCUT2D eigenvalue weighted by Crippen LogP contribution is -2.25. The number of phenols is 2. The maximum absolute atomic E-state index is 9.72. The van der Waals surface area contributed by atoms with Crippen molar-refractivity contribution in [2.24, 2.45) is 5.84 Å². The standard InChI is InChI=1S/C11H18N2O2/c1-3-4-9-10(14)5-8(6-11(9)15)7(2)13-12/h5-7,13-15H,3-4,12H2,1-2H3/t7-/m1/s1. The predicted molar refractivity (Wildman–Crippen MR) is 59.5 cm³/mol. The molecule has 1 aromatic carbocycles. The fourth-order valence-electron chi connectivity index (χ4n) is 1.52. The van der Waals surface area contributed by atoms with Crippen LogP contribution in [0.25, 0.3) is 0 Å². The van der Waals surface area contributed by atoms with Crippen molar-refractivity contribution in [3.05, 3.63) is 23.3 Å². The van der Waals surface area contributed by atoms with Crippen molar-refractivity contribution in [1.29, 1.82) is 0 Å². The number of nitrogens with one attached hydrogen (secondary N) is 1. The third-order valence-corrected chi connectivity index (χ3v) is 2.48. The Kier molecular flexibility index (Phi) is 3.94. The van der Waals surface area contributed by atoms with Gasteiger partial charge in [0.1, 0.15) is 11.5 Å². The van der Waals surface area contributed by atoms with Gasteiger partial charge in [-0.3, -0.25) is 11.3 Å². The molecule has 0 saturated carbocycles. The van der Waals surface area contributed by atoms with Crippen molar-refractivity contribution < 1.29 is 10.2 Å². The summed E-state index contributed by atoms with van der Waals surface area (Å²) >= 11 is 0. The Morgan fingerprint density at radius 3 is 2.27 bits per heavy atom. The Balaban J connectivity index is 3.07. The van der Waals surface area contributed by atoms with Crippen LogP contribution in [0.2, 0.25) is 0 Å². The average molecular weight is 210 g/mol. The average Bonchev–Trinajstić information content (AvgIpc) is 2.22. The van der Waals surface area contributed by atoms with Crippen molar-refractivity contribution in [3.63, 3.8) is 0 Å². The largest absolute Gasteiger partial charge is 0.508 e. The molecule has 0 aliphatic heterocycles. The molecule has 0 aliphatic rings. The molecule has 0 spiro atoms. The van der Waals surface area contributed by atoms with Crippen LogP contribution < -0.4 is 11.3 Å². The van der Waals surface area contributed by atoms with Gasteiger partial charge in [-0.25, -0.2) is 0 Å². The Morgan fingerprint density at radius 2 is 1.87 bits per heavy atom. The van der Waals surface area contributed by atoms with Crippen LogP contribution in [0.3, 0.4) is 0 Å². The van der Waals surface area contributed by atoms with Crippen molar-refractivity contribution in [1.82, 2.24) is 5.43 Å². The smallest absolute Gasteiger partial charge is 0.122 e. The van der Waals surface area contributed by atoms with E-state index in [2.05, 4.69) is 5.43 Å². The van der Waals surface area contributed by atoms with E-state index in [1.54, 1.807) is 12.1 Å². The molecule has 1 aromatic rings. The molecule has 0 bridgehead atoms. The van der Waals surface area contributed by atoms with E-state index in [1.165, 1.54) is 0 Å². The number of hydrazine groups is 1. The van der Waals surface area contributed by atoms with Gasteiger partial charge in [0.15, 0.2) is 0 Å². The van der Waals surface area contributed by atoms with E-state index in [0.717, 1.165) is 12.0 Å². The molecule has 84 valence electrons. The molecule has 0 unspecified atom stereocenters. The molecule has 15 heavy (non-hydrogen) atoms. The molecular weight excluding hydrogens is 192 g/mol. The highest BCUT2D eigenvalue weighted by atomic mass is 16.3. The van der Waals surface area contributed by atoms with Gasteiger partial charge in [0.05, 0.1) is 0 Å². The van der Waals surface area contributed by atoms with Gasteiger partial charge in [0.2, 0.25) is 0 Å². The van der Waals surface area contributed by atoms with E-state index in [9.17, 15) is 10.2 Å². The second kappa shape index (κ2) is 5.00. The zero-order chi connectivity index (χ0) is 11.4. The van der Waals surface area contributed by atoms with E-state index >= 15 is 0 Å². The third-order valence-electron chi connectivity index (χ3n) is 2.48. The van der Waals surface area contributed by atoms with E-state index in [1.807, 2.05) is 13.8 Å². The van der Waals surface area contributed by atoms with Crippen molar-refractivity contribution in [2.45, 2.75) is 32.7 Å². The van der Waals surface area contributed by atoms with Crippen molar-refractivity contribution >= 4 is 0 Å². The maximum atomic E-state index is 9.72. The fourth-order valence-corrected chi connectivity index (χ4v) is 1.52. The molecule has 0 aromatic heterocycles. The van der Waals surface area contributed by atoms with Crippen LogP contribution in [0, 0.1) is 0 Å². The summed E-state index contributed by atoms with van der Waals surface area (Å²) in [6.07, 6.45) is 1.55. The van der Waals surface area contributed by atoms with Crippen LogP contribution in [0.4, 0.5) is 0 Å². The number of benzene rings is 1. The third kappa shape index (κ3) is 2.61. The molecule has 0 heterocycles. The number of aromatic hydroxyl groups is 2. The Bertz CT molecular complexity index is 316. The van der Waals surface area contributed by atoms with Crippen LogP contribution >= 0.6 is 0 Å². The highest BCUT2D eigenvalue weighted by molar-refractivity contribution is 5.47. The lowest BCUT2D eigenvalue weighted by molar-refractivity contribution is 0.434. The molecule has 0 aliphatic carbocycles. The quantitative estimate of drug-likeness (QED) is 0.449. The topological polar surface area (TPSA) is 78.5 Å². The summed E-state index contributed by atoms with van der Waals surface area (Å²) in [6.45, 7) is 3.85. The Labute approximate surface area is 89.7 Å². The molecular formula is C11H18N2O2. The fraction of sp³-hybridized carbons (Fsp3) is 0.455. The van der Waals surface area contributed by atoms with E-state index < -0.39 is 0 Å². The summed E-state index contributed by atoms with van der Waals surface area (Å²) in [5.41, 5.74) is 3.94. The second-order valence-electron chi connectivity index (χ2n) is 3.68. The number of phenolic OH excluding ortho intramolecular Hbond substituents is 2. The summed E-state index contributed by atoms with van der Waals surface area (Å²) in [5.74, 6) is 5.55. The normalized spacial score (nSPS) is 12.7. The molecule has 1 rings (SSSR count). The summed E-state index contributed by atoms with van der Waals surface area (Å²) < 4.78 is 0. The minimum atomic E-state index is -0.0996. The Morgan fingerprint density at radius 1 is 1.33 bits per heavy atom. The van der Waals surface area contributed by atoms with Gasteiger partial charge in [-0.15, -0.1) is 0 Å². The minimum Gasteiger partial charge on any atom is -0.508 e. The highest BCUT2D eigenvalue weighted by Gasteiger charge is 2.11. The number of rotatable bonds is 4. The SMILES string of the molecule is CCCc1c(O)cc([C@@H](C)NN)cc1O. The van der Waals surface area contributed by atoms with Crippen LogP contribution in [0.15, 0.2) is 12.1 Å².